The maximum absolute atomic E-state index is 12.8. The molecule has 0 saturated heterocycles. The summed E-state index contributed by atoms with van der Waals surface area (Å²) in [6.45, 7) is 12.5. The number of hydrogen-bond donors (Lipinski definition) is 0. The average molecular weight is 525 g/mol. The van der Waals surface area contributed by atoms with Gasteiger partial charge >= 0.3 is 5.97 Å². The summed E-state index contributed by atoms with van der Waals surface area (Å²) >= 11 is 6.10. The minimum atomic E-state index is -0.238. The number of hydrogen-bond acceptors (Lipinski definition) is 2. The quantitative estimate of drug-likeness (QED) is 0.262. The minimum absolute atomic E-state index is 0.0150. The van der Waals surface area contributed by atoms with Gasteiger partial charge in [0.15, 0.2) is 0 Å². The zero-order chi connectivity index (χ0) is 26.4. The van der Waals surface area contributed by atoms with Crippen LogP contribution in [0.25, 0.3) is 0 Å². The first-order chi connectivity index (χ1) is 17.6. The zero-order valence-electron chi connectivity index (χ0n) is 23.9. The fraction of sp³-hybridized carbons (Fsp3) is 0.735. The van der Waals surface area contributed by atoms with Crippen LogP contribution in [-0.2, 0) is 4.74 Å². The van der Waals surface area contributed by atoms with Gasteiger partial charge < -0.3 is 4.74 Å². The second-order valence-electron chi connectivity index (χ2n) is 14.1. The molecule has 0 heterocycles. The highest BCUT2D eigenvalue weighted by Crippen LogP contribution is 2.67. The van der Waals surface area contributed by atoms with Gasteiger partial charge in [0.2, 0.25) is 0 Å². The van der Waals surface area contributed by atoms with Gasteiger partial charge in [-0.2, -0.15) is 0 Å². The summed E-state index contributed by atoms with van der Waals surface area (Å²) in [6, 6.07) is 7.12. The number of halogens is 1. The monoisotopic (exact) mass is 524 g/mol. The van der Waals surface area contributed by atoms with Gasteiger partial charge in [-0.25, -0.2) is 4.79 Å². The molecular weight excluding hydrogens is 476 g/mol. The Kier molecular flexibility index (Phi) is 7.90. The van der Waals surface area contributed by atoms with Gasteiger partial charge in [0.05, 0.1) is 5.56 Å². The van der Waals surface area contributed by atoms with E-state index >= 15 is 0 Å². The number of ether oxygens (including phenoxy) is 1. The number of esters is 1. The van der Waals surface area contributed by atoms with Gasteiger partial charge in [0.25, 0.3) is 0 Å². The van der Waals surface area contributed by atoms with E-state index in [0.29, 0.717) is 16.0 Å². The molecule has 0 radical (unpaired) electrons. The molecule has 3 saturated carbocycles. The summed E-state index contributed by atoms with van der Waals surface area (Å²) in [5, 5.41) is 0.579. The fourth-order valence-electron chi connectivity index (χ4n) is 9.59. The predicted molar refractivity (Wildman–Crippen MR) is 154 cm³/mol. The lowest BCUT2D eigenvalue weighted by molar-refractivity contribution is -0.0594. The molecule has 0 bridgehead atoms. The molecule has 0 amide bonds. The second-order valence-corrected chi connectivity index (χ2v) is 14.5. The van der Waals surface area contributed by atoms with Crippen LogP contribution in [-0.4, -0.2) is 12.1 Å². The second kappa shape index (κ2) is 10.7. The van der Waals surface area contributed by atoms with Crippen molar-refractivity contribution in [1.29, 1.82) is 0 Å². The number of fused-ring (bicyclic) bond motifs is 5. The lowest BCUT2D eigenvalue weighted by Gasteiger charge is -2.58. The normalized spacial score (nSPS) is 37.8. The van der Waals surface area contributed by atoms with Gasteiger partial charge in [0.1, 0.15) is 6.10 Å². The first-order valence-electron chi connectivity index (χ1n) is 15.3. The predicted octanol–water partition coefficient (Wildman–Crippen LogP) is 9.91. The van der Waals surface area contributed by atoms with Crippen molar-refractivity contribution in [3.8, 4) is 0 Å². The molecule has 204 valence electrons. The van der Waals surface area contributed by atoms with Gasteiger partial charge in [-0.3, -0.25) is 0 Å². The molecule has 8 atom stereocenters. The van der Waals surface area contributed by atoms with Crippen molar-refractivity contribution in [1.82, 2.24) is 0 Å². The standard InChI is InChI=1S/C34H49ClO2/c1-22(2)8-6-9-23(3)29-14-15-30-28-13-12-25-21-27(37-32(36)24-10-7-11-26(35)20-24)16-18-33(25,4)31(28)17-19-34(29,30)5/h7,10-12,20,22-23,27-31H,6,8-9,13-19,21H2,1-5H3/t23-,27+,28+,29-,30+,31+,33+,34-/m1/s1. The van der Waals surface area contributed by atoms with Crippen molar-refractivity contribution in [2.24, 2.45) is 46.3 Å². The SMILES string of the molecule is CC(C)CCC[C@@H](C)[C@H]1CC[C@H]2[C@@H]3CC=C4C[C@@H](OC(=O)c5cccc(Cl)c5)CC[C@]4(C)[C@H]3CC[C@]12C. The summed E-state index contributed by atoms with van der Waals surface area (Å²) in [7, 11) is 0. The molecular formula is C34H49ClO2. The van der Waals surface area contributed by atoms with E-state index in [0.717, 1.165) is 54.8 Å². The molecule has 4 aliphatic rings. The van der Waals surface area contributed by atoms with Crippen LogP contribution in [0.5, 0.6) is 0 Å². The lowest BCUT2D eigenvalue weighted by Crippen LogP contribution is -2.51. The number of rotatable bonds is 7. The maximum atomic E-state index is 12.8. The Morgan fingerprint density at radius 2 is 1.86 bits per heavy atom. The first kappa shape index (κ1) is 27.3. The van der Waals surface area contributed by atoms with Gasteiger partial charge in [-0.1, -0.05) is 83.2 Å². The molecule has 0 aliphatic heterocycles. The van der Waals surface area contributed by atoms with E-state index in [2.05, 4.69) is 40.7 Å². The lowest BCUT2D eigenvalue weighted by atomic mass is 9.47. The number of allylic oxidation sites excluding steroid dienone is 1. The Hall–Kier alpha value is -1.28. The van der Waals surface area contributed by atoms with E-state index in [1.807, 2.05) is 6.07 Å². The minimum Gasteiger partial charge on any atom is -0.458 e. The van der Waals surface area contributed by atoms with Crippen molar-refractivity contribution >= 4 is 17.6 Å². The van der Waals surface area contributed by atoms with Crippen LogP contribution in [0.4, 0.5) is 0 Å². The Morgan fingerprint density at radius 3 is 2.62 bits per heavy atom. The molecule has 1 aromatic carbocycles. The maximum Gasteiger partial charge on any atom is 0.338 e. The third-order valence-corrected chi connectivity index (χ3v) is 11.8. The molecule has 0 spiro atoms. The molecule has 3 fully saturated rings. The van der Waals surface area contributed by atoms with Crippen LogP contribution in [0.2, 0.25) is 5.02 Å². The van der Waals surface area contributed by atoms with Crippen molar-refractivity contribution in [2.45, 2.75) is 111 Å². The number of carbonyl (C=O) groups is 1. The third-order valence-electron chi connectivity index (χ3n) is 11.6. The summed E-state index contributed by atoms with van der Waals surface area (Å²) in [5.74, 6) is 4.88. The molecule has 4 aliphatic carbocycles. The summed E-state index contributed by atoms with van der Waals surface area (Å²) in [6.07, 6.45) is 16.7. The van der Waals surface area contributed by atoms with Crippen LogP contribution in [0.15, 0.2) is 35.9 Å². The van der Waals surface area contributed by atoms with Crippen LogP contribution in [0.3, 0.4) is 0 Å². The first-order valence-corrected chi connectivity index (χ1v) is 15.7. The zero-order valence-corrected chi connectivity index (χ0v) is 24.7. The summed E-state index contributed by atoms with van der Waals surface area (Å²) in [5.41, 5.74) is 2.94. The van der Waals surface area contributed by atoms with E-state index in [1.165, 1.54) is 51.4 Å². The van der Waals surface area contributed by atoms with Gasteiger partial charge in [0, 0.05) is 11.4 Å². The molecule has 5 rings (SSSR count). The highest BCUT2D eigenvalue weighted by atomic mass is 35.5. The van der Waals surface area contributed by atoms with E-state index < -0.39 is 0 Å². The molecule has 3 heteroatoms. The molecule has 2 nitrogen and oxygen atoms in total. The van der Waals surface area contributed by atoms with Crippen LogP contribution < -0.4 is 0 Å². The van der Waals surface area contributed by atoms with E-state index in [9.17, 15) is 4.79 Å². The van der Waals surface area contributed by atoms with Crippen LogP contribution in [0.1, 0.15) is 116 Å². The van der Waals surface area contributed by atoms with Gasteiger partial charge in [-0.15, -0.1) is 0 Å². The largest absolute Gasteiger partial charge is 0.458 e. The van der Waals surface area contributed by atoms with Crippen molar-refractivity contribution in [3.63, 3.8) is 0 Å². The molecule has 37 heavy (non-hydrogen) atoms. The fourth-order valence-corrected chi connectivity index (χ4v) is 9.78. The number of benzene rings is 1. The smallest absolute Gasteiger partial charge is 0.338 e. The van der Waals surface area contributed by atoms with E-state index in [-0.39, 0.29) is 17.5 Å². The van der Waals surface area contributed by atoms with Crippen LogP contribution in [0, 0.1) is 46.3 Å². The highest BCUT2D eigenvalue weighted by Gasteiger charge is 2.59. The molecule has 0 unspecified atom stereocenters. The average Bonchev–Trinajstić information content (AvgIpc) is 3.21. The molecule has 0 aromatic heterocycles. The van der Waals surface area contributed by atoms with Crippen molar-refractivity contribution in [3.05, 3.63) is 46.5 Å². The third kappa shape index (κ3) is 5.18. The summed E-state index contributed by atoms with van der Waals surface area (Å²) in [4.78, 5) is 12.8. The van der Waals surface area contributed by atoms with Gasteiger partial charge in [-0.05, 0) is 109 Å². The topological polar surface area (TPSA) is 26.3 Å². The Labute approximate surface area is 231 Å². The Bertz CT molecular complexity index is 1010. The highest BCUT2D eigenvalue weighted by molar-refractivity contribution is 6.30. The Morgan fingerprint density at radius 1 is 1.05 bits per heavy atom. The molecule has 0 N–H and O–H groups in total. The molecule has 1 aromatic rings. The van der Waals surface area contributed by atoms with Crippen LogP contribution >= 0.6 is 11.6 Å². The van der Waals surface area contributed by atoms with E-state index in [4.69, 9.17) is 16.3 Å². The summed E-state index contributed by atoms with van der Waals surface area (Å²) < 4.78 is 6.00. The van der Waals surface area contributed by atoms with Crippen molar-refractivity contribution in [2.75, 3.05) is 0 Å². The number of carbonyl (C=O) groups excluding carboxylic acids is 1. The Balaban J connectivity index is 1.25. The van der Waals surface area contributed by atoms with Crippen molar-refractivity contribution < 1.29 is 9.53 Å². The van der Waals surface area contributed by atoms with E-state index in [1.54, 1.807) is 23.8 Å².